The molecule has 1 aliphatic heterocycles. The Hall–Kier alpha value is -0.780. The minimum absolute atomic E-state index is 0.0846. The number of rotatable bonds is 3. The van der Waals surface area contributed by atoms with Crippen molar-refractivity contribution in [2.75, 3.05) is 6.54 Å². The van der Waals surface area contributed by atoms with E-state index in [0.29, 0.717) is 20.8 Å². The number of likely N-dealkylation sites (tertiary alicyclic amines) is 1. The van der Waals surface area contributed by atoms with Gasteiger partial charge in [0, 0.05) is 24.6 Å². The van der Waals surface area contributed by atoms with Gasteiger partial charge in [0.05, 0.1) is 4.34 Å². The highest BCUT2D eigenvalue weighted by Gasteiger charge is 2.32. The number of hydrogen-bond acceptors (Lipinski definition) is 4. The molecule has 23 heavy (non-hydrogen) atoms. The first kappa shape index (κ1) is 18.6. The van der Waals surface area contributed by atoms with Crippen molar-refractivity contribution in [2.24, 2.45) is 0 Å². The van der Waals surface area contributed by atoms with Crippen molar-refractivity contribution in [1.29, 1.82) is 0 Å². The van der Waals surface area contributed by atoms with Gasteiger partial charge in [-0.1, -0.05) is 23.2 Å². The maximum atomic E-state index is 12.5. The van der Waals surface area contributed by atoms with Crippen LogP contribution in [0.2, 0.25) is 8.67 Å². The fourth-order valence-corrected chi connectivity index (χ4v) is 4.13. The largest absolute Gasteiger partial charge is 0.444 e. The highest BCUT2D eigenvalue weighted by molar-refractivity contribution is 7.20. The predicted octanol–water partition coefficient (Wildman–Crippen LogP) is 5.42. The number of carbonyl (C=O) groups is 2. The smallest absolute Gasteiger partial charge is 0.410 e. The standard InChI is InChI=1S/C16H21Cl2NO3S/c1-16(2,3)22-15(21)19-7-5-4-6-10(19)8-12(20)11-9-13(17)23-14(11)18/h9-10H,4-8H2,1-3H3. The molecule has 1 saturated heterocycles. The van der Waals surface area contributed by atoms with Crippen LogP contribution in [-0.4, -0.2) is 35.0 Å². The summed E-state index contributed by atoms with van der Waals surface area (Å²) < 4.78 is 6.35. The van der Waals surface area contributed by atoms with Crippen LogP contribution in [0.25, 0.3) is 0 Å². The minimum Gasteiger partial charge on any atom is -0.444 e. The molecule has 1 aliphatic rings. The van der Waals surface area contributed by atoms with Crippen molar-refractivity contribution in [3.8, 4) is 0 Å². The number of Topliss-reactive ketones (excluding diaryl/α,β-unsaturated/α-hetero) is 1. The molecule has 4 nitrogen and oxygen atoms in total. The lowest BCUT2D eigenvalue weighted by Crippen LogP contribution is -2.46. The Bertz CT molecular complexity index is 595. The third kappa shape index (κ3) is 5.10. The van der Waals surface area contributed by atoms with Gasteiger partial charge in [-0.05, 0) is 46.1 Å². The zero-order valence-corrected chi connectivity index (χ0v) is 15.9. The van der Waals surface area contributed by atoms with E-state index in [1.807, 2.05) is 20.8 Å². The number of ether oxygens (including phenoxy) is 1. The summed E-state index contributed by atoms with van der Waals surface area (Å²) in [7, 11) is 0. The molecule has 2 rings (SSSR count). The van der Waals surface area contributed by atoms with Gasteiger partial charge in [0.2, 0.25) is 0 Å². The fourth-order valence-electron chi connectivity index (χ4n) is 2.63. The van der Waals surface area contributed by atoms with Crippen LogP contribution >= 0.6 is 34.5 Å². The fraction of sp³-hybridized carbons (Fsp3) is 0.625. The quantitative estimate of drug-likeness (QED) is 0.660. The van der Waals surface area contributed by atoms with E-state index in [1.165, 1.54) is 11.3 Å². The molecule has 0 N–H and O–H groups in total. The molecule has 0 aliphatic carbocycles. The van der Waals surface area contributed by atoms with Crippen LogP contribution in [0.5, 0.6) is 0 Å². The van der Waals surface area contributed by atoms with Crippen LogP contribution in [0.15, 0.2) is 6.07 Å². The number of piperidine rings is 1. The van der Waals surface area contributed by atoms with Crippen molar-refractivity contribution < 1.29 is 14.3 Å². The second-order valence-electron chi connectivity index (χ2n) is 6.69. The first-order valence-corrected chi connectivity index (χ1v) is 9.22. The zero-order chi connectivity index (χ0) is 17.2. The molecule has 1 aromatic heterocycles. The molecule has 1 amide bonds. The van der Waals surface area contributed by atoms with Gasteiger partial charge < -0.3 is 9.64 Å². The Kier molecular flexibility index (Phi) is 5.98. The second kappa shape index (κ2) is 7.41. The molecule has 0 aromatic carbocycles. The van der Waals surface area contributed by atoms with Gasteiger partial charge in [0.25, 0.3) is 0 Å². The molecule has 0 bridgehead atoms. The average molecular weight is 378 g/mol. The van der Waals surface area contributed by atoms with Gasteiger partial charge in [-0.25, -0.2) is 4.79 Å². The van der Waals surface area contributed by atoms with E-state index in [9.17, 15) is 9.59 Å². The molecular formula is C16H21Cl2NO3S. The summed E-state index contributed by atoms with van der Waals surface area (Å²) in [6.45, 7) is 6.12. The molecule has 1 unspecified atom stereocenters. The van der Waals surface area contributed by atoms with Crippen molar-refractivity contribution in [1.82, 2.24) is 4.90 Å². The number of amides is 1. The van der Waals surface area contributed by atoms with Gasteiger partial charge in [0.15, 0.2) is 5.78 Å². The zero-order valence-electron chi connectivity index (χ0n) is 13.5. The summed E-state index contributed by atoms with van der Waals surface area (Å²) >= 11 is 13.1. The molecule has 7 heteroatoms. The lowest BCUT2D eigenvalue weighted by molar-refractivity contribution is 0.00947. The second-order valence-corrected chi connectivity index (χ2v) is 8.97. The monoisotopic (exact) mass is 377 g/mol. The lowest BCUT2D eigenvalue weighted by atomic mass is 9.96. The molecule has 0 radical (unpaired) electrons. The van der Waals surface area contributed by atoms with Gasteiger partial charge in [-0.15, -0.1) is 11.3 Å². The van der Waals surface area contributed by atoms with Gasteiger partial charge in [-0.2, -0.15) is 0 Å². The number of hydrogen-bond donors (Lipinski definition) is 0. The number of thiophene rings is 1. The summed E-state index contributed by atoms with van der Waals surface area (Å²) in [6.07, 6.45) is 2.60. The summed E-state index contributed by atoms with van der Waals surface area (Å²) in [5.74, 6) is -0.0846. The third-order valence-corrected chi connectivity index (χ3v) is 5.12. The Morgan fingerprint density at radius 1 is 1.35 bits per heavy atom. The van der Waals surface area contributed by atoms with Crippen LogP contribution in [0, 0.1) is 0 Å². The molecule has 1 fully saturated rings. The van der Waals surface area contributed by atoms with Gasteiger partial charge in [0.1, 0.15) is 9.94 Å². The Morgan fingerprint density at radius 2 is 2.04 bits per heavy atom. The van der Waals surface area contributed by atoms with E-state index in [2.05, 4.69) is 0 Å². The average Bonchev–Trinajstić information content (AvgIpc) is 2.76. The van der Waals surface area contributed by atoms with Crippen molar-refractivity contribution in [3.63, 3.8) is 0 Å². The summed E-state index contributed by atoms with van der Waals surface area (Å²) in [6, 6.07) is 1.44. The van der Waals surface area contributed by atoms with Crippen molar-refractivity contribution in [2.45, 2.75) is 58.1 Å². The number of ketones is 1. The van der Waals surface area contributed by atoms with Crippen molar-refractivity contribution in [3.05, 3.63) is 20.3 Å². The highest BCUT2D eigenvalue weighted by atomic mass is 35.5. The lowest BCUT2D eigenvalue weighted by Gasteiger charge is -2.36. The molecule has 0 spiro atoms. The van der Waals surface area contributed by atoms with E-state index in [0.717, 1.165) is 19.3 Å². The molecular weight excluding hydrogens is 357 g/mol. The van der Waals surface area contributed by atoms with Crippen LogP contribution in [0.3, 0.4) is 0 Å². The molecule has 1 aromatic rings. The minimum atomic E-state index is -0.548. The molecule has 1 atom stereocenters. The van der Waals surface area contributed by atoms with Crippen LogP contribution in [0.1, 0.15) is 56.8 Å². The normalized spacial score (nSPS) is 18.8. The summed E-state index contributed by atoms with van der Waals surface area (Å²) in [4.78, 5) is 26.5. The third-order valence-electron chi connectivity index (χ3n) is 3.63. The topological polar surface area (TPSA) is 46.6 Å². The highest BCUT2D eigenvalue weighted by Crippen LogP contribution is 2.33. The summed E-state index contributed by atoms with van der Waals surface area (Å²) in [5.41, 5.74) is -0.107. The first-order valence-electron chi connectivity index (χ1n) is 7.65. The number of carbonyl (C=O) groups excluding carboxylic acids is 2. The first-order chi connectivity index (χ1) is 10.7. The Balaban J connectivity index is 2.08. The molecule has 2 heterocycles. The van der Waals surface area contributed by atoms with E-state index >= 15 is 0 Å². The SMILES string of the molecule is CC(C)(C)OC(=O)N1CCCCC1CC(=O)c1cc(Cl)sc1Cl. The molecule has 0 saturated carbocycles. The maximum Gasteiger partial charge on any atom is 0.410 e. The molecule has 128 valence electrons. The predicted molar refractivity (Wildman–Crippen MR) is 93.9 cm³/mol. The summed E-state index contributed by atoms with van der Waals surface area (Å²) in [5, 5.41) is 0. The van der Waals surface area contributed by atoms with E-state index in [4.69, 9.17) is 27.9 Å². The Morgan fingerprint density at radius 3 is 2.61 bits per heavy atom. The number of nitrogens with zero attached hydrogens (tertiary/aromatic N) is 1. The van der Waals surface area contributed by atoms with Crippen LogP contribution < -0.4 is 0 Å². The number of halogens is 2. The van der Waals surface area contributed by atoms with E-state index < -0.39 is 5.60 Å². The Labute approximate surface area is 150 Å². The van der Waals surface area contributed by atoms with Crippen molar-refractivity contribution >= 4 is 46.4 Å². The van der Waals surface area contributed by atoms with Crippen LogP contribution in [-0.2, 0) is 4.74 Å². The van der Waals surface area contributed by atoms with Gasteiger partial charge >= 0.3 is 6.09 Å². The maximum absolute atomic E-state index is 12.5. The van der Waals surface area contributed by atoms with E-state index in [-0.39, 0.29) is 24.3 Å². The van der Waals surface area contributed by atoms with Gasteiger partial charge in [-0.3, -0.25) is 4.79 Å². The van der Waals surface area contributed by atoms with E-state index in [1.54, 1.807) is 11.0 Å². The van der Waals surface area contributed by atoms with Crippen LogP contribution in [0.4, 0.5) is 4.79 Å².